The third-order valence-corrected chi connectivity index (χ3v) is 4.03. The molecule has 2 fully saturated rings. The highest BCUT2D eigenvalue weighted by Crippen LogP contribution is 2.39. The molecule has 1 atom stereocenters. The van der Waals surface area contributed by atoms with Gasteiger partial charge in [0.15, 0.2) is 0 Å². The maximum Gasteiger partial charge on any atom is 0.325 e. The van der Waals surface area contributed by atoms with Crippen molar-refractivity contribution in [2.45, 2.75) is 37.3 Å². The molecule has 0 aromatic carbocycles. The molecule has 0 spiro atoms. The van der Waals surface area contributed by atoms with E-state index < -0.39 is 11.5 Å². The molecule has 1 saturated heterocycles. The van der Waals surface area contributed by atoms with E-state index in [9.17, 15) is 9.90 Å². The van der Waals surface area contributed by atoms with Crippen LogP contribution in [0.1, 0.15) is 25.7 Å². The van der Waals surface area contributed by atoms with Gasteiger partial charge in [0.25, 0.3) is 0 Å². The summed E-state index contributed by atoms with van der Waals surface area (Å²) < 4.78 is 5.31. The molecule has 0 amide bonds. The lowest BCUT2D eigenvalue weighted by Gasteiger charge is -2.36. The topological polar surface area (TPSA) is 75.8 Å². The quantitative estimate of drug-likeness (QED) is 0.724. The van der Waals surface area contributed by atoms with Crippen LogP contribution in [0, 0.1) is 5.92 Å². The van der Waals surface area contributed by atoms with Gasteiger partial charge in [0.1, 0.15) is 5.54 Å². The van der Waals surface area contributed by atoms with Crippen molar-refractivity contribution in [2.75, 3.05) is 26.8 Å². The summed E-state index contributed by atoms with van der Waals surface area (Å²) in [5, 5.41) is 9.31. The molecule has 1 heterocycles. The van der Waals surface area contributed by atoms with Crippen LogP contribution in [0.5, 0.6) is 0 Å². The third kappa shape index (κ3) is 2.78. The second kappa shape index (κ2) is 4.92. The molecule has 1 aliphatic heterocycles. The van der Waals surface area contributed by atoms with Gasteiger partial charge in [-0.1, -0.05) is 0 Å². The van der Waals surface area contributed by atoms with E-state index >= 15 is 0 Å². The molecule has 2 rings (SSSR count). The van der Waals surface area contributed by atoms with Gasteiger partial charge in [-0.2, -0.15) is 0 Å². The maximum atomic E-state index is 11.3. The molecule has 1 saturated carbocycles. The molecule has 98 valence electrons. The average molecular weight is 242 g/mol. The maximum absolute atomic E-state index is 11.3. The van der Waals surface area contributed by atoms with Gasteiger partial charge in [0.05, 0.1) is 0 Å². The van der Waals surface area contributed by atoms with Gasteiger partial charge in [-0.05, 0) is 38.6 Å². The van der Waals surface area contributed by atoms with Crippen LogP contribution in [0.2, 0.25) is 0 Å². The Morgan fingerprint density at radius 1 is 1.41 bits per heavy atom. The van der Waals surface area contributed by atoms with E-state index in [1.807, 2.05) is 7.05 Å². The zero-order valence-electron chi connectivity index (χ0n) is 10.4. The molecule has 5 nitrogen and oxygen atoms in total. The predicted molar refractivity (Wildman–Crippen MR) is 63.7 cm³/mol. The highest BCUT2D eigenvalue weighted by atomic mass is 16.5. The summed E-state index contributed by atoms with van der Waals surface area (Å²) in [6.07, 6.45) is 3.84. The molecular formula is C12H22N2O3. The van der Waals surface area contributed by atoms with Crippen molar-refractivity contribution < 1.29 is 14.6 Å². The lowest BCUT2D eigenvalue weighted by molar-refractivity contribution is -0.145. The summed E-state index contributed by atoms with van der Waals surface area (Å²) in [4.78, 5) is 13.5. The number of nitrogens with two attached hydrogens (primary N) is 1. The Balaban J connectivity index is 1.95. The number of carboxylic acids is 1. The monoisotopic (exact) mass is 242 g/mol. The minimum Gasteiger partial charge on any atom is -0.480 e. The first-order valence-electron chi connectivity index (χ1n) is 6.34. The Bertz CT molecular complexity index is 287. The number of hydrogen-bond acceptors (Lipinski definition) is 4. The number of aliphatic carboxylic acids is 1. The van der Waals surface area contributed by atoms with E-state index in [1.165, 1.54) is 0 Å². The minimum absolute atomic E-state index is 0.155. The van der Waals surface area contributed by atoms with Gasteiger partial charge in [-0.15, -0.1) is 0 Å². The molecular weight excluding hydrogens is 220 g/mol. The van der Waals surface area contributed by atoms with Gasteiger partial charge < -0.3 is 20.5 Å². The number of likely N-dealkylation sites (N-methyl/N-ethyl adjacent to an activating group) is 1. The van der Waals surface area contributed by atoms with Crippen LogP contribution >= 0.6 is 0 Å². The van der Waals surface area contributed by atoms with Crippen molar-refractivity contribution in [3.63, 3.8) is 0 Å². The molecule has 2 aliphatic rings. The molecule has 17 heavy (non-hydrogen) atoms. The van der Waals surface area contributed by atoms with E-state index in [2.05, 4.69) is 4.90 Å². The summed E-state index contributed by atoms with van der Waals surface area (Å²) >= 11 is 0. The van der Waals surface area contributed by atoms with Crippen LogP contribution in [0.15, 0.2) is 0 Å². The molecule has 0 bridgehead atoms. The zero-order chi connectivity index (χ0) is 12.5. The first kappa shape index (κ1) is 12.8. The van der Waals surface area contributed by atoms with Gasteiger partial charge in [0.2, 0.25) is 0 Å². The third-order valence-electron chi connectivity index (χ3n) is 4.03. The van der Waals surface area contributed by atoms with Crippen molar-refractivity contribution in [1.29, 1.82) is 0 Å². The number of rotatable bonds is 5. The zero-order valence-corrected chi connectivity index (χ0v) is 10.4. The van der Waals surface area contributed by atoms with Crippen LogP contribution in [-0.4, -0.2) is 54.4 Å². The standard InChI is InChI=1S/C12H22N2O3/c1-14(10-4-6-17-7-5-10)8-12(13,11(15)16)9-2-3-9/h9-10H,2-8,13H2,1H3,(H,15,16). The van der Waals surface area contributed by atoms with E-state index in [1.54, 1.807) is 0 Å². The normalized spacial score (nSPS) is 25.8. The molecule has 0 aromatic heterocycles. The summed E-state index contributed by atoms with van der Waals surface area (Å²) in [6.45, 7) is 1.98. The van der Waals surface area contributed by atoms with E-state index in [0.29, 0.717) is 12.6 Å². The SMILES string of the molecule is CN(CC(N)(C(=O)O)C1CC1)C1CCOCC1. The molecule has 0 radical (unpaired) electrons. The number of carbonyl (C=O) groups is 1. The first-order chi connectivity index (χ1) is 8.04. The van der Waals surface area contributed by atoms with Crippen molar-refractivity contribution in [2.24, 2.45) is 11.7 Å². The van der Waals surface area contributed by atoms with E-state index in [4.69, 9.17) is 10.5 Å². The summed E-state index contributed by atoms with van der Waals surface area (Å²) in [7, 11) is 1.98. The first-order valence-corrected chi connectivity index (χ1v) is 6.34. The van der Waals surface area contributed by atoms with E-state index in [0.717, 1.165) is 38.9 Å². The van der Waals surface area contributed by atoms with E-state index in [-0.39, 0.29) is 5.92 Å². The summed E-state index contributed by atoms with van der Waals surface area (Å²) in [5.74, 6) is -0.707. The highest BCUT2D eigenvalue weighted by Gasteiger charge is 2.49. The Morgan fingerprint density at radius 2 is 2.00 bits per heavy atom. The lowest BCUT2D eigenvalue weighted by Crippen LogP contribution is -2.59. The highest BCUT2D eigenvalue weighted by molar-refractivity contribution is 5.79. The van der Waals surface area contributed by atoms with Crippen LogP contribution in [0.4, 0.5) is 0 Å². The average Bonchev–Trinajstić information content (AvgIpc) is 3.13. The molecule has 1 aliphatic carbocycles. The Morgan fingerprint density at radius 3 is 2.47 bits per heavy atom. The fourth-order valence-electron chi connectivity index (χ4n) is 2.64. The van der Waals surface area contributed by atoms with Crippen molar-refractivity contribution >= 4 is 5.97 Å². The van der Waals surface area contributed by atoms with Gasteiger partial charge >= 0.3 is 5.97 Å². The van der Waals surface area contributed by atoms with Crippen LogP contribution in [0.3, 0.4) is 0 Å². The van der Waals surface area contributed by atoms with Crippen molar-refractivity contribution in [1.82, 2.24) is 4.90 Å². The number of ether oxygens (including phenoxy) is 1. The number of nitrogens with zero attached hydrogens (tertiary/aromatic N) is 1. The summed E-state index contributed by atoms with van der Waals surface area (Å²) in [5.41, 5.74) is 5.02. The van der Waals surface area contributed by atoms with Crippen molar-refractivity contribution in [3.05, 3.63) is 0 Å². The lowest BCUT2D eigenvalue weighted by atomic mass is 9.92. The predicted octanol–water partition coefficient (Wildman–Crippen LogP) is 0.289. The van der Waals surface area contributed by atoms with Gasteiger partial charge in [-0.3, -0.25) is 4.79 Å². The number of hydrogen-bond donors (Lipinski definition) is 2. The Kier molecular flexibility index (Phi) is 3.70. The summed E-state index contributed by atoms with van der Waals surface area (Å²) in [6, 6.07) is 0.407. The second-order valence-electron chi connectivity index (χ2n) is 5.38. The Labute approximate surface area is 102 Å². The van der Waals surface area contributed by atoms with Crippen molar-refractivity contribution in [3.8, 4) is 0 Å². The molecule has 1 unspecified atom stereocenters. The largest absolute Gasteiger partial charge is 0.480 e. The fourth-order valence-corrected chi connectivity index (χ4v) is 2.64. The smallest absolute Gasteiger partial charge is 0.325 e. The van der Waals surface area contributed by atoms with Gasteiger partial charge in [0, 0.05) is 25.8 Å². The Hall–Kier alpha value is -0.650. The molecule has 5 heteroatoms. The fraction of sp³-hybridized carbons (Fsp3) is 0.917. The van der Waals surface area contributed by atoms with Crippen LogP contribution in [0.25, 0.3) is 0 Å². The van der Waals surface area contributed by atoms with Crippen LogP contribution in [-0.2, 0) is 9.53 Å². The number of carboxylic acid groups (broad SMARTS) is 1. The minimum atomic E-state index is -1.06. The molecule has 3 N–H and O–H groups in total. The van der Waals surface area contributed by atoms with Gasteiger partial charge in [-0.25, -0.2) is 0 Å². The molecule has 0 aromatic rings. The van der Waals surface area contributed by atoms with Crippen LogP contribution < -0.4 is 5.73 Å². The second-order valence-corrected chi connectivity index (χ2v) is 5.38.